The molecule has 0 saturated carbocycles. The lowest BCUT2D eigenvalue weighted by Gasteiger charge is -2.20. The van der Waals surface area contributed by atoms with Gasteiger partial charge in [-0.25, -0.2) is 16.8 Å². The zero-order valence-corrected chi connectivity index (χ0v) is 17.4. The predicted octanol–water partition coefficient (Wildman–Crippen LogP) is 1.34. The molecule has 0 radical (unpaired) electrons. The summed E-state index contributed by atoms with van der Waals surface area (Å²) in [6.07, 6.45) is 0.143. The maximum atomic E-state index is 13.1. The summed E-state index contributed by atoms with van der Waals surface area (Å²) in [7, 11) is -6.19. The molecule has 0 aromatic heterocycles. The number of hydrogen-bond donors (Lipinski definition) is 1. The minimum absolute atomic E-state index is 0.0407. The number of nitrogens with zero attached hydrogens (tertiary/aromatic N) is 1. The fourth-order valence-corrected chi connectivity index (χ4v) is 6.79. The first-order chi connectivity index (χ1) is 13.7. The highest BCUT2D eigenvalue weighted by Crippen LogP contribution is 2.32. The first kappa shape index (κ1) is 21.3. The molecule has 1 fully saturated rings. The Kier molecular flexibility index (Phi) is 5.97. The van der Waals surface area contributed by atoms with Crippen LogP contribution in [0.3, 0.4) is 0 Å². The van der Waals surface area contributed by atoms with E-state index in [4.69, 9.17) is 10.5 Å². The summed E-state index contributed by atoms with van der Waals surface area (Å²) in [4.78, 5) is 11.5. The Balaban J connectivity index is 1.93. The van der Waals surface area contributed by atoms with Crippen molar-refractivity contribution >= 4 is 25.8 Å². The van der Waals surface area contributed by atoms with Crippen LogP contribution in [0.5, 0.6) is 5.75 Å². The molecule has 8 nitrogen and oxygen atoms in total. The number of ether oxygens (including phenoxy) is 1. The summed E-state index contributed by atoms with van der Waals surface area (Å²) < 4.78 is 57.9. The van der Waals surface area contributed by atoms with Gasteiger partial charge in [0.2, 0.25) is 10.0 Å². The topological polar surface area (TPSA) is 124 Å². The van der Waals surface area contributed by atoms with Crippen LogP contribution in [0.25, 0.3) is 0 Å². The lowest BCUT2D eigenvalue weighted by molar-refractivity contribution is 0.0997. The standard InChI is InChI=1S/C19H22N2O6S2/c1-27-17-8-7-15(13-16(17)19(20)22)29(25,26)21-10-9-18(28(23,24)12-11-21)14-5-3-2-4-6-14/h2-8,13,18H,9-12H2,1H3,(H2,20,22). The SMILES string of the molecule is COc1ccc(S(=O)(=O)N2CCC(c3ccccc3)S(=O)(=O)CC2)cc1C(N)=O. The second-order valence-corrected chi connectivity index (χ2v) is 10.9. The average molecular weight is 439 g/mol. The minimum Gasteiger partial charge on any atom is -0.496 e. The molecule has 1 aliphatic heterocycles. The van der Waals surface area contributed by atoms with E-state index < -0.39 is 31.0 Å². The maximum absolute atomic E-state index is 13.1. The summed E-state index contributed by atoms with van der Waals surface area (Å²) >= 11 is 0. The largest absolute Gasteiger partial charge is 0.496 e. The molecule has 1 heterocycles. The van der Waals surface area contributed by atoms with Gasteiger partial charge in [-0.05, 0) is 30.2 Å². The molecule has 1 amide bonds. The lowest BCUT2D eigenvalue weighted by Crippen LogP contribution is -2.33. The Morgan fingerprint density at radius 3 is 2.45 bits per heavy atom. The summed E-state index contributed by atoms with van der Waals surface area (Å²) in [5.74, 6) is -0.939. The molecule has 10 heteroatoms. The number of sulfonamides is 1. The van der Waals surface area contributed by atoms with Crippen molar-refractivity contribution in [3.63, 3.8) is 0 Å². The summed E-state index contributed by atoms with van der Waals surface area (Å²) in [5.41, 5.74) is 5.91. The molecule has 0 aliphatic carbocycles. The number of carbonyl (C=O) groups is 1. The van der Waals surface area contributed by atoms with E-state index in [1.54, 1.807) is 30.3 Å². The maximum Gasteiger partial charge on any atom is 0.252 e. The van der Waals surface area contributed by atoms with Gasteiger partial charge >= 0.3 is 0 Å². The number of amides is 1. The number of nitrogens with two attached hydrogens (primary N) is 1. The van der Waals surface area contributed by atoms with Crippen LogP contribution in [0, 0.1) is 0 Å². The van der Waals surface area contributed by atoms with Crippen molar-refractivity contribution in [2.24, 2.45) is 5.73 Å². The van der Waals surface area contributed by atoms with Crippen molar-refractivity contribution in [2.75, 3.05) is 26.0 Å². The first-order valence-electron chi connectivity index (χ1n) is 8.91. The van der Waals surface area contributed by atoms with Crippen LogP contribution in [0.15, 0.2) is 53.4 Å². The number of sulfone groups is 1. The molecule has 2 N–H and O–H groups in total. The predicted molar refractivity (Wildman–Crippen MR) is 108 cm³/mol. The van der Waals surface area contributed by atoms with E-state index in [-0.39, 0.29) is 41.5 Å². The smallest absolute Gasteiger partial charge is 0.252 e. The third-order valence-electron chi connectivity index (χ3n) is 4.94. The van der Waals surface area contributed by atoms with Gasteiger partial charge in [0.25, 0.3) is 5.91 Å². The number of benzene rings is 2. The quantitative estimate of drug-likeness (QED) is 0.751. The summed E-state index contributed by atoms with van der Waals surface area (Å²) in [6.45, 7) is -0.120. The van der Waals surface area contributed by atoms with Crippen LogP contribution in [0.2, 0.25) is 0 Å². The minimum atomic E-state index is -4.02. The summed E-state index contributed by atoms with van der Waals surface area (Å²) in [6, 6.07) is 12.6. The normalized spacial score (nSPS) is 20.0. The van der Waals surface area contributed by atoms with Crippen LogP contribution < -0.4 is 10.5 Å². The molecule has 0 spiro atoms. The van der Waals surface area contributed by atoms with Crippen LogP contribution in [-0.4, -0.2) is 53.0 Å². The molecular formula is C19H22N2O6S2. The third kappa shape index (κ3) is 4.29. The second kappa shape index (κ2) is 8.13. The molecule has 1 atom stereocenters. The second-order valence-electron chi connectivity index (χ2n) is 6.69. The molecule has 3 rings (SSSR count). The molecule has 2 aromatic rings. The number of rotatable bonds is 5. The van der Waals surface area contributed by atoms with E-state index in [2.05, 4.69) is 0 Å². The van der Waals surface area contributed by atoms with Crippen LogP contribution in [0.1, 0.15) is 27.6 Å². The Hall–Kier alpha value is -2.43. The molecule has 0 bridgehead atoms. The molecular weight excluding hydrogens is 416 g/mol. The fraction of sp³-hybridized carbons (Fsp3) is 0.316. The van der Waals surface area contributed by atoms with Gasteiger partial charge in [-0.15, -0.1) is 0 Å². The number of hydrogen-bond acceptors (Lipinski definition) is 6. The van der Waals surface area contributed by atoms with Crippen molar-refractivity contribution in [1.29, 1.82) is 0 Å². The third-order valence-corrected chi connectivity index (χ3v) is 8.97. The van der Waals surface area contributed by atoms with Crippen LogP contribution in [-0.2, 0) is 19.9 Å². The molecule has 156 valence electrons. The van der Waals surface area contributed by atoms with Gasteiger partial charge in [-0.2, -0.15) is 4.31 Å². The van der Waals surface area contributed by atoms with Crippen molar-refractivity contribution in [1.82, 2.24) is 4.31 Å². The zero-order valence-electron chi connectivity index (χ0n) is 15.8. The Bertz CT molecular complexity index is 1110. The highest BCUT2D eigenvalue weighted by atomic mass is 32.2. The van der Waals surface area contributed by atoms with E-state index in [9.17, 15) is 21.6 Å². The average Bonchev–Trinajstić information content (AvgIpc) is 2.86. The summed E-state index contributed by atoms with van der Waals surface area (Å²) in [5, 5.41) is -0.763. The molecule has 2 aromatic carbocycles. The number of carbonyl (C=O) groups excluding carboxylic acids is 1. The molecule has 1 unspecified atom stereocenters. The highest BCUT2D eigenvalue weighted by molar-refractivity contribution is 7.92. The fourth-order valence-electron chi connectivity index (χ4n) is 3.40. The molecule has 1 saturated heterocycles. The van der Waals surface area contributed by atoms with Gasteiger partial charge in [0, 0.05) is 13.1 Å². The van der Waals surface area contributed by atoms with E-state index in [0.29, 0.717) is 5.56 Å². The van der Waals surface area contributed by atoms with Crippen molar-refractivity contribution in [3.05, 3.63) is 59.7 Å². The first-order valence-corrected chi connectivity index (χ1v) is 12.1. The Morgan fingerprint density at radius 2 is 1.83 bits per heavy atom. The van der Waals surface area contributed by atoms with E-state index in [1.165, 1.54) is 19.2 Å². The van der Waals surface area contributed by atoms with Crippen molar-refractivity contribution in [2.45, 2.75) is 16.6 Å². The van der Waals surface area contributed by atoms with Gasteiger partial charge in [0.1, 0.15) is 5.75 Å². The van der Waals surface area contributed by atoms with Crippen LogP contribution >= 0.6 is 0 Å². The number of methoxy groups -OCH3 is 1. The lowest BCUT2D eigenvalue weighted by atomic mass is 10.1. The van der Waals surface area contributed by atoms with Gasteiger partial charge in [-0.3, -0.25) is 4.79 Å². The molecule has 29 heavy (non-hydrogen) atoms. The molecule has 1 aliphatic rings. The Morgan fingerprint density at radius 1 is 1.14 bits per heavy atom. The van der Waals surface area contributed by atoms with Crippen molar-refractivity contribution < 1.29 is 26.4 Å². The van der Waals surface area contributed by atoms with E-state index in [0.717, 1.165) is 10.4 Å². The van der Waals surface area contributed by atoms with Gasteiger partial charge in [-0.1, -0.05) is 30.3 Å². The van der Waals surface area contributed by atoms with E-state index in [1.807, 2.05) is 0 Å². The van der Waals surface area contributed by atoms with Gasteiger partial charge < -0.3 is 10.5 Å². The van der Waals surface area contributed by atoms with Gasteiger partial charge in [0.05, 0.1) is 28.6 Å². The monoisotopic (exact) mass is 438 g/mol. The Labute approximate surface area is 170 Å². The van der Waals surface area contributed by atoms with Gasteiger partial charge in [0.15, 0.2) is 9.84 Å². The van der Waals surface area contributed by atoms with Crippen molar-refractivity contribution in [3.8, 4) is 5.75 Å². The zero-order chi connectivity index (χ0) is 21.2. The highest BCUT2D eigenvalue weighted by Gasteiger charge is 2.35. The number of primary amides is 1. The van der Waals surface area contributed by atoms with E-state index >= 15 is 0 Å². The van der Waals surface area contributed by atoms with Crippen LogP contribution in [0.4, 0.5) is 0 Å².